The van der Waals surface area contributed by atoms with Gasteiger partial charge in [0, 0.05) is 23.3 Å². The standard InChI is InChI=1S/C20H19ClN4O/c1-13-5-3-6-15(9-13)12-22-20(26)18-11-19(24-14(2)23-18)25-17-8-4-7-16(21)10-17/h3-11H,12H2,1-2H3,(H,22,26)(H,23,24,25). The molecule has 0 unspecified atom stereocenters. The van der Waals surface area contributed by atoms with Crippen molar-refractivity contribution < 1.29 is 4.79 Å². The molecular formula is C20H19ClN4O. The number of halogens is 1. The van der Waals surface area contributed by atoms with Crippen molar-refractivity contribution in [2.45, 2.75) is 20.4 Å². The van der Waals surface area contributed by atoms with Gasteiger partial charge in [0.25, 0.3) is 5.91 Å². The normalized spacial score (nSPS) is 10.4. The summed E-state index contributed by atoms with van der Waals surface area (Å²) in [7, 11) is 0. The summed E-state index contributed by atoms with van der Waals surface area (Å²) in [6.45, 7) is 4.22. The van der Waals surface area contributed by atoms with E-state index in [0.717, 1.165) is 16.8 Å². The third-order valence-corrected chi connectivity index (χ3v) is 3.94. The summed E-state index contributed by atoms with van der Waals surface area (Å²) in [4.78, 5) is 21.0. The molecule has 0 radical (unpaired) electrons. The Balaban J connectivity index is 1.73. The van der Waals surface area contributed by atoms with Crippen LogP contribution in [0.2, 0.25) is 5.02 Å². The number of aromatic nitrogens is 2. The molecule has 0 bridgehead atoms. The average molecular weight is 367 g/mol. The van der Waals surface area contributed by atoms with Crippen LogP contribution >= 0.6 is 11.6 Å². The van der Waals surface area contributed by atoms with Gasteiger partial charge >= 0.3 is 0 Å². The quantitative estimate of drug-likeness (QED) is 0.701. The van der Waals surface area contributed by atoms with Crippen molar-refractivity contribution in [2.75, 3.05) is 5.32 Å². The Morgan fingerprint density at radius 3 is 2.62 bits per heavy atom. The number of carbonyl (C=O) groups is 1. The van der Waals surface area contributed by atoms with Gasteiger partial charge in [-0.3, -0.25) is 4.79 Å². The molecule has 3 rings (SSSR count). The Bertz CT molecular complexity index is 943. The molecule has 5 nitrogen and oxygen atoms in total. The van der Waals surface area contributed by atoms with Crippen molar-refractivity contribution in [3.63, 3.8) is 0 Å². The Labute approximate surface area is 157 Å². The zero-order chi connectivity index (χ0) is 18.5. The average Bonchev–Trinajstić information content (AvgIpc) is 2.59. The molecule has 132 valence electrons. The minimum absolute atomic E-state index is 0.244. The highest BCUT2D eigenvalue weighted by Crippen LogP contribution is 2.19. The molecule has 0 aliphatic heterocycles. The third-order valence-electron chi connectivity index (χ3n) is 3.70. The van der Waals surface area contributed by atoms with Gasteiger partial charge in [0.1, 0.15) is 17.3 Å². The Kier molecular flexibility index (Phi) is 5.49. The number of nitrogens with zero attached hydrogens (tertiary/aromatic N) is 2. The summed E-state index contributed by atoms with van der Waals surface area (Å²) in [5, 5.41) is 6.66. The van der Waals surface area contributed by atoms with Crippen LogP contribution in [-0.2, 0) is 6.54 Å². The summed E-state index contributed by atoms with van der Waals surface area (Å²) in [5.74, 6) is 0.810. The van der Waals surface area contributed by atoms with Crippen LogP contribution in [0.3, 0.4) is 0 Å². The van der Waals surface area contributed by atoms with Crippen LogP contribution in [0.5, 0.6) is 0 Å². The van der Waals surface area contributed by atoms with Gasteiger partial charge in [-0.05, 0) is 37.6 Å². The van der Waals surface area contributed by atoms with Crippen molar-refractivity contribution in [1.29, 1.82) is 0 Å². The van der Waals surface area contributed by atoms with Gasteiger partial charge in [-0.25, -0.2) is 9.97 Å². The molecule has 0 saturated heterocycles. The lowest BCUT2D eigenvalue weighted by Crippen LogP contribution is -2.24. The maximum atomic E-state index is 12.5. The highest BCUT2D eigenvalue weighted by molar-refractivity contribution is 6.30. The second kappa shape index (κ2) is 7.97. The van der Waals surface area contributed by atoms with Crippen LogP contribution in [0.25, 0.3) is 0 Å². The van der Waals surface area contributed by atoms with Gasteiger partial charge in [0.2, 0.25) is 0 Å². The first-order valence-electron chi connectivity index (χ1n) is 8.21. The molecule has 0 aliphatic carbocycles. The number of rotatable bonds is 5. The minimum Gasteiger partial charge on any atom is -0.347 e. The summed E-state index contributed by atoms with van der Waals surface area (Å²) < 4.78 is 0. The molecule has 1 amide bonds. The Morgan fingerprint density at radius 1 is 1.04 bits per heavy atom. The van der Waals surface area contributed by atoms with E-state index in [2.05, 4.69) is 20.6 Å². The number of carbonyl (C=O) groups excluding carboxylic acids is 1. The highest BCUT2D eigenvalue weighted by Gasteiger charge is 2.11. The van der Waals surface area contributed by atoms with E-state index in [-0.39, 0.29) is 5.91 Å². The van der Waals surface area contributed by atoms with Gasteiger partial charge in [0.05, 0.1) is 0 Å². The van der Waals surface area contributed by atoms with E-state index in [0.29, 0.717) is 28.9 Å². The second-order valence-electron chi connectivity index (χ2n) is 5.99. The number of nitrogens with one attached hydrogen (secondary N) is 2. The fourth-order valence-electron chi connectivity index (χ4n) is 2.56. The second-order valence-corrected chi connectivity index (χ2v) is 6.43. The fraction of sp³-hybridized carbons (Fsp3) is 0.150. The highest BCUT2D eigenvalue weighted by atomic mass is 35.5. The van der Waals surface area contributed by atoms with E-state index in [9.17, 15) is 4.79 Å². The van der Waals surface area contributed by atoms with Gasteiger partial charge in [-0.2, -0.15) is 0 Å². The lowest BCUT2D eigenvalue weighted by molar-refractivity contribution is 0.0945. The third kappa shape index (κ3) is 4.80. The molecule has 0 spiro atoms. The molecule has 2 aromatic carbocycles. The SMILES string of the molecule is Cc1cccc(CNC(=O)c2cc(Nc3cccc(Cl)c3)nc(C)n2)c1. The van der Waals surface area contributed by atoms with Crippen LogP contribution in [0.15, 0.2) is 54.6 Å². The number of amides is 1. The van der Waals surface area contributed by atoms with Crippen molar-refractivity contribution in [3.05, 3.63) is 82.3 Å². The first kappa shape index (κ1) is 17.9. The van der Waals surface area contributed by atoms with Crippen molar-refractivity contribution in [1.82, 2.24) is 15.3 Å². The smallest absolute Gasteiger partial charge is 0.270 e. The summed E-state index contributed by atoms with van der Waals surface area (Å²) in [5.41, 5.74) is 3.31. The van der Waals surface area contributed by atoms with Gasteiger partial charge in [0.15, 0.2) is 0 Å². The molecule has 0 atom stereocenters. The molecule has 26 heavy (non-hydrogen) atoms. The van der Waals surface area contributed by atoms with Crippen molar-refractivity contribution >= 4 is 29.0 Å². The number of hydrogen-bond acceptors (Lipinski definition) is 4. The van der Waals surface area contributed by atoms with Crippen molar-refractivity contribution in [3.8, 4) is 0 Å². The number of hydrogen-bond donors (Lipinski definition) is 2. The van der Waals surface area contributed by atoms with E-state index in [4.69, 9.17) is 11.6 Å². The van der Waals surface area contributed by atoms with Crippen LogP contribution in [-0.4, -0.2) is 15.9 Å². The molecular weight excluding hydrogens is 348 g/mol. The van der Waals surface area contributed by atoms with Crippen LogP contribution in [0, 0.1) is 13.8 Å². The molecule has 0 saturated carbocycles. The maximum Gasteiger partial charge on any atom is 0.270 e. The lowest BCUT2D eigenvalue weighted by Gasteiger charge is -2.10. The van der Waals surface area contributed by atoms with Crippen LogP contribution in [0.1, 0.15) is 27.4 Å². The number of anilines is 2. The summed E-state index contributed by atoms with van der Waals surface area (Å²) in [6, 6.07) is 16.9. The van der Waals surface area contributed by atoms with Crippen LogP contribution in [0.4, 0.5) is 11.5 Å². The van der Waals surface area contributed by atoms with Gasteiger partial charge in [-0.15, -0.1) is 0 Å². The molecule has 3 aromatic rings. The molecule has 1 heterocycles. The van der Waals surface area contributed by atoms with E-state index >= 15 is 0 Å². The zero-order valence-corrected chi connectivity index (χ0v) is 15.3. The Hall–Kier alpha value is -2.92. The van der Waals surface area contributed by atoms with E-state index in [1.807, 2.05) is 43.3 Å². The first-order valence-corrected chi connectivity index (χ1v) is 8.59. The topological polar surface area (TPSA) is 66.9 Å². The number of benzene rings is 2. The van der Waals surface area contributed by atoms with Gasteiger partial charge in [-0.1, -0.05) is 47.5 Å². The minimum atomic E-state index is -0.244. The van der Waals surface area contributed by atoms with Crippen LogP contribution < -0.4 is 10.6 Å². The maximum absolute atomic E-state index is 12.5. The van der Waals surface area contributed by atoms with Gasteiger partial charge < -0.3 is 10.6 Å². The first-order chi connectivity index (χ1) is 12.5. The van der Waals surface area contributed by atoms with E-state index in [1.165, 1.54) is 0 Å². The molecule has 2 N–H and O–H groups in total. The molecule has 1 aromatic heterocycles. The summed E-state index contributed by atoms with van der Waals surface area (Å²) in [6.07, 6.45) is 0. The zero-order valence-electron chi connectivity index (χ0n) is 14.6. The fourth-order valence-corrected chi connectivity index (χ4v) is 2.75. The van der Waals surface area contributed by atoms with Crippen molar-refractivity contribution in [2.24, 2.45) is 0 Å². The monoisotopic (exact) mass is 366 g/mol. The molecule has 6 heteroatoms. The predicted molar refractivity (Wildman–Crippen MR) is 104 cm³/mol. The summed E-state index contributed by atoms with van der Waals surface area (Å²) >= 11 is 6.00. The molecule has 0 fully saturated rings. The Morgan fingerprint density at radius 2 is 1.85 bits per heavy atom. The predicted octanol–water partition coefficient (Wildman–Crippen LogP) is 4.42. The number of aryl methyl sites for hydroxylation is 2. The van der Waals surface area contributed by atoms with E-state index in [1.54, 1.807) is 25.1 Å². The molecule has 0 aliphatic rings. The lowest BCUT2D eigenvalue weighted by atomic mass is 10.1. The largest absolute Gasteiger partial charge is 0.347 e. The van der Waals surface area contributed by atoms with E-state index < -0.39 is 0 Å².